The number of amides is 2. The molecule has 0 radical (unpaired) electrons. The number of anilines is 2. The first-order chi connectivity index (χ1) is 10.5. The Morgan fingerprint density at radius 3 is 2.64 bits per heavy atom. The number of halogens is 1. The molecule has 5 heteroatoms. The molecule has 2 N–H and O–H groups in total. The molecule has 0 aromatic heterocycles. The highest BCUT2D eigenvalue weighted by Crippen LogP contribution is 2.24. The molecule has 0 aliphatic carbocycles. The predicted octanol–water partition coefficient (Wildman–Crippen LogP) is 5.02. The third-order valence-corrected chi connectivity index (χ3v) is 3.03. The fourth-order valence-electron chi connectivity index (χ4n) is 1.80. The average Bonchev–Trinajstić information content (AvgIpc) is 2.46. The maximum absolute atomic E-state index is 12.1. The quantitative estimate of drug-likeness (QED) is 0.813. The summed E-state index contributed by atoms with van der Waals surface area (Å²) in [6.07, 6.45) is 0. The van der Waals surface area contributed by atoms with Gasteiger partial charge in [0.2, 0.25) is 0 Å². The molecule has 0 saturated heterocycles. The minimum Gasteiger partial charge on any atom is -0.491 e. The van der Waals surface area contributed by atoms with Gasteiger partial charge in [0, 0.05) is 10.7 Å². The van der Waals surface area contributed by atoms with Crippen molar-refractivity contribution in [1.82, 2.24) is 0 Å². The van der Waals surface area contributed by atoms with Gasteiger partial charge in [0.05, 0.1) is 12.3 Å². The fraction of sp³-hybridized carbons (Fsp3) is 0.235. The van der Waals surface area contributed by atoms with Gasteiger partial charge in [-0.2, -0.15) is 0 Å². The van der Waals surface area contributed by atoms with Gasteiger partial charge in [-0.15, -0.1) is 0 Å². The number of hydrogen-bond acceptors (Lipinski definition) is 2. The van der Waals surface area contributed by atoms with E-state index in [1.165, 1.54) is 0 Å². The van der Waals surface area contributed by atoms with Crippen LogP contribution in [0.1, 0.15) is 13.8 Å². The zero-order chi connectivity index (χ0) is 15.9. The number of ether oxygens (including phenoxy) is 1. The molecule has 0 aliphatic rings. The van der Waals surface area contributed by atoms with E-state index in [1.807, 2.05) is 18.2 Å². The molecule has 4 nitrogen and oxygen atoms in total. The van der Waals surface area contributed by atoms with Crippen LogP contribution >= 0.6 is 11.6 Å². The van der Waals surface area contributed by atoms with Gasteiger partial charge in [0.1, 0.15) is 5.75 Å². The Morgan fingerprint density at radius 1 is 1.14 bits per heavy atom. The van der Waals surface area contributed by atoms with Gasteiger partial charge >= 0.3 is 6.03 Å². The summed E-state index contributed by atoms with van der Waals surface area (Å²) >= 11 is 5.89. The summed E-state index contributed by atoms with van der Waals surface area (Å²) in [6, 6.07) is 14.0. The fourth-order valence-corrected chi connectivity index (χ4v) is 1.99. The number of para-hydroxylation sites is 2. The normalized spacial score (nSPS) is 10.4. The number of nitrogens with one attached hydrogen (secondary N) is 2. The van der Waals surface area contributed by atoms with Crippen molar-refractivity contribution >= 4 is 29.0 Å². The standard InChI is InChI=1S/C17H19ClN2O2/c1-12(2)11-22-16-9-4-3-8-15(16)20-17(21)19-14-7-5-6-13(18)10-14/h3-10,12H,11H2,1-2H3,(H2,19,20,21). The van der Waals surface area contributed by atoms with Crippen LogP contribution in [0.25, 0.3) is 0 Å². The van der Waals surface area contributed by atoms with E-state index >= 15 is 0 Å². The number of benzene rings is 2. The second-order valence-electron chi connectivity index (χ2n) is 5.29. The maximum Gasteiger partial charge on any atom is 0.323 e. The molecule has 0 heterocycles. The predicted molar refractivity (Wildman–Crippen MR) is 90.9 cm³/mol. The van der Waals surface area contributed by atoms with Crippen molar-refractivity contribution in [1.29, 1.82) is 0 Å². The second-order valence-corrected chi connectivity index (χ2v) is 5.73. The molecule has 0 saturated carbocycles. The summed E-state index contributed by atoms with van der Waals surface area (Å²) in [5.41, 5.74) is 1.26. The van der Waals surface area contributed by atoms with E-state index in [4.69, 9.17) is 16.3 Å². The Bertz CT molecular complexity index is 644. The molecule has 2 rings (SSSR count). The smallest absolute Gasteiger partial charge is 0.323 e. The van der Waals surface area contributed by atoms with Crippen molar-refractivity contribution in [3.8, 4) is 5.75 Å². The van der Waals surface area contributed by atoms with Crippen LogP contribution in [-0.4, -0.2) is 12.6 Å². The van der Waals surface area contributed by atoms with Crippen LogP contribution in [0.3, 0.4) is 0 Å². The molecule has 22 heavy (non-hydrogen) atoms. The Balaban J connectivity index is 2.02. The van der Waals surface area contributed by atoms with E-state index in [9.17, 15) is 4.79 Å². The van der Waals surface area contributed by atoms with E-state index in [0.29, 0.717) is 34.7 Å². The third-order valence-electron chi connectivity index (χ3n) is 2.79. The van der Waals surface area contributed by atoms with Crippen molar-refractivity contribution in [2.75, 3.05) is 17.2 Å². The highest BCUT2D eigenvalue weighted by atomic mass is 35.5. The second kappa shape index (κ2) is 7.71. The maximum atomic E-state index is 12.1. The van der Waals surface area contributed by atoms with Crippen molar-refractivity contribution in [2.45, 2.75) is 13.8 Å². The molecule has 0 bridgehead atoms. The number of carbonyl (C=O) groups is 1. The van der Waals surface area contributed by atoms with Crippen LogP contribution in [0.5, 0.6) is 5.75 Å². The molecule has 2 amide bonds. The minimum atomic E-state index is -0.345. The van der Waals surface area contributed by atoms with Crippen molar-refractivity contribution in [3.63, 3.8) is 0 Å². The number of urea groups is 1. The van der Waals surface area contributed by atoms with Gasteiger partial charge in [-0.05, 0) is 36.2 Å². The molecule has 2 aromatic carbocycles. The summed E-state index contributed by atoms with van der Waals surface area (Å²) in [5.74, 6) is 1.06. The highest BCUT2D eigenvalue weighted by molar-refractivity contribution is 6.30. The lowest BCUT2D eigenvalue weighted by Crippen LogP contribution is -2.20. The number of carbonyl (C=O) groups excluding carboxylic acids is 1. The molecule has 0 spiro atoms. The summed E-state index contributed by atoms with van der Waals surface area (Å²) in [6.45, 7) is 4.73. The van der Waals surface area contributed by atoms with Gasteiger partial charge in [0.25, 0.3) is 0 Å². The van der Waals surface area contributed by atoms with Crippen LogP contribution < -0.4 is 15.4 Å². The van der Waals surface area contributed by atoms with Crippen molar-refractivity contribution in [2.24, 2.45) is 5.92 Å². The van der Waals surface area contributed by atoms with Crippen LogP contribution in [0.15, 0.2) is 48.5 Å². The topological polar surface area (TPSA) is 50.4 Å². The molecule has 0 atom stereocenters. The first kappa shape index (κ1) is 16.2. The molecule has 0 unspecified atom stereocenters. The van der Waals surface area contributed by atoms with Gasteiger partial charge in [-0.3, -0.25) is 0 Å². The lowest BCUT2D eigenvalue weighted by atomic mass is 10.2. The zero-order valence-electron chi connectivity index (χ0n) is 12.6. The summed E-state index contributed by atoms with van der Waals surface area (Å²) in [7, 11) is 0. The Morgan fingerprint density at radius 2 is 1.91 bits per heavy atom. The monoisotopic (exact) mass is 318 g/mol. The highest BCUT2D eigenvalue weighted by Gasteiger charge is 2.08. The molecular weight excluding hydrogens is 300 g/mol. The van der Waals surface area contributed by atoms with E-state index in [1.54, 1.807) is 30.3 Å². The lowest BCUT2D eigenvalue weighted by Gasteiger charge is -2.14. The Hall–Kier alpha value is -2.20. The SMILES string of the molecule is CC(C)COc1ccccc1NC(=O)Nc1cccc(Cl)c1. The molecule has 0 fully saturated rings. The van der Waals surface area contributed by atoms with E-state index in [0.717, 1.165) is 0 Å². The van der Waals surface area contributed by atoms with Crippen LogP contribution in [0.4, 0.5) is 16.2 Å². The third kappa shape index (κ3) is 4.97. The summed E-state index contributed by atoms with van der Waals surface area (Å²) < 4.78 is 5.71. The molecule has 116 valence electrons. The zero-order valence-corrected chi connectivity index (χ0v) is 13.4. The summed E-state index contributed by atoms with van der Waals surface area (Å²) in [5, 5.41) is 6.09. The van der Waals surface area contributed by atoms with Gasteiger partial charge in [-0.1, -0.05) is 43.6 Å². The van der Waals surface area contributed by atoms with Crippen LogP contribution in [0.2, 0.25) is 5.02 Å². The molecule has 0 aliphatic heterocycles. The minimum absolute atomic E-state index is 0.345. The molecule has 2 aromatic rings. The van der Waals surface area contributed by atoms with Gasteiger partial charge in [0.15, 0.2) is 0 Å². The van der Waals surface area contributed by atoms with Gasteiger partial charge in [-0.25, -0.2) is 4.79 Å². The largest absolute Gasteiger partial charge is 0.491 e. The van der Waals surface area contributed by atoms with Crippen molar-refractivity contribution < 1.29 is 9.53 Å². The van der Waals surface area contributed by atoms with Crippen molar-refractivity contribution in [3.05, 3.63) is 53.6 Å². The van der Waals surface area contributed by atoms with E-state index in [-0.39, 0.29) is 6.03 Å². The summed E-state index contributed by atoms with van der Waals surface area (Å²) in [4.78, 5) is 12.1. The average molecular weight is 319 g/mol. The van der Waals surface area contributed by atoms with Crippen LogP contribution in [0, 0.1) is 5.92 Å². The molecular formula is C17H19ClN2O2. The number of hydrogen-bond donors (Lipinski definition) is 2. The Kier molecular flexibility index (Phi) is 5.67. The first-order valence-corrected chi connectivity index (χ1v) is 7.48. The van der Waals surface area contributed by atoms with Crippen LogP contribution in [-0.2, 0) is 0 Å². The first-order valence-electron chi connectivity index (χ1n) is 7.10. The van der Waals surface area contributed by atoms with Gasteiger partial charge < -0.3 is 15.4 Å². The lowest BCUT2D eigenvalue weighted by molar-refractivity contribution is 0.260. The van der Waals surface area contributed by atoms with E-state index in [2.05, 4.69) is 24.5 Å². The number of rotatable bonds is 5. The van der Waals surface area contributed by atoms with E-state index < -0.39 is 0 Å². The Labute approximate surface area is 135 Å².